The zero-order valence-electron chi connectivity index (χ0n) is 18.2. The Hall–Kier alpha value is -2.90. The molecule has 162 valence electrons. The van der Waals surface area contributed by atoms with Gasteiger partial charge in [-0.25, -0.2) is 4.98 Å². The third-order valence-corrected chi connectivity index (χ3v) is 6.53. The summed E-state index contributed by atoms with van der Waals surface area (Å²) in [7, 11) is 4.07. The fraction of sp³-hybridized carbons (Fsp3) is 0.417. The first kappa shape index (κ1) is 20.0. The van der Waals surface area contributed by atoms with Crippen molar-refractivity contribution in [3.05, 3.63) is 48.5 Å². The van der Waals surface area contributed by atoms with Crippen LogP contribution in [0.15, 0.2) is 48.5 Å². The standard InChI is InChI=1S/C24H29N5O2/c1-26-14-15-31-17-22(26)24(30)29-12-10-28(11-13-29)19-7-5-6-18(16-19)23-25-20-8-3-4-9-21(20)27(23)2/h3-9,16,22H,10-15,17H2,1-2H3/t22-/m1/s1. The molecule has 2 aliphatic rings. The molecule has 3 heterocycles. The number of aryl methyl sites for hydroxylation is 1. The van der Waals surface area contributed by atoms with Gasteiger partial charge in [-0.2, -0.15) is 0 Å². The fourth-order valence-electron chi connectivity index (χ4n) is 4.59. The van der Waals surface area contributed by atoms with E-state index in [-0.39, 0.29) is 11.9 Å². The Labute approximate surface area is 182 Å². The summed E-state index contributed by atoms with van der Waals surface area (Å²) in [4.78, 5) is 24.2. The van der Waals surface area contributed by atoms with E-state index in [4.69, 9.17) is 9.72 Å². The predicted molar refractivity (Wildman–Crippen MR) is 122 cm³/mol. The molecule has 2 aromatic carbocycles. The number of hydrogen-bond donors (Lipinski definition) is 0. The van der Waals surface area contributed by atoms with E-state index in [9.17, 15) is 4.79 Å². The van der Waals surface area contributed by atoms with Gasteiger partial charge in [0, 0.05) is 51.0 Å². The topological polar surface area (TPSA) is 53.8 Å². The van der Waals surface area contributed by atoms with E-state index >= 15 is 0 Å². The minimum absolute atomic E-state index is 0.152. The van der Waals surface area contributed by atoms with Crippen LogP contribution in [0, 0.1) is 0 Å². The normalized spacial score (nSPS) is 20.4. The number of amides is 1. The van der Waals surface area contributed by atoms with Crippen LogP contribution in [0.1, 0.15) is 0 Å². The lowest BCUT2D eigenvalue weighted by Gasteiger charge is -2.40. The van der Waals surface area contributed by atoms with Crippen LogP contribution >= 0.6 is 0 Å². The summed E-state index contributed by atoms with van der Waals surface area (Å²) >= 11 is 0. The van der Waals surface area contributed by atoms with Crippen molar-refractivity contribution in [3.63, 3.8) is 0 Å². The molecule has 5 rings (SSSR count). The zero-order valence-corrected chi connectivity index (χ0v) is 18.2. The van der Waals surface area contributed by atoms with Gasteiger partial charge in [-0.05, 0) is 31.3 Å². The van der Waals surface area contributed by atoms with E-state index in [1.807, 2.05) is 30.1 Å². The van der Waals surface area contributed by atoms with E-state index in [0.717, 1.165) is 55.1 Å². The molecule has 2 fully saturated rings. The number of likely N-dealkylation sites (N-methyl/N-ethyl adjacent to an activating group) is 1. The lowest BCUT2D eigenvalue weighted by Crippen LogP contribution is -2.57. The van der Waals surface area contributed by atoms with Gasteiger partial charge in [0.15, 0.2) is 0 Å². The number of aromatic nitrogens is 2. The first-order valence-corrected chi connectivity index (χ1v) is 11.0. The first-order chi connectivity index (χ1) is 15.1. The van der Waals surface area contributed by atoms with Crippen molar-refractivity contribution < 1.29 is 9.53 Å². The number of carbonyl (C=O) groups excluding carboxylic acids is 1. The van der Waals surface area contributed by atoms with Crippen molar-refractivity contribution in [1.29, 1.82) is 0 Å². The molecule has 1 amide bonds. The SMILES string of the molecule is CN1CCOC[C@@H]1C(=O)N1CCN(c2cccc(-c3nc4ccccc4n3C)c2)CC1. The Kier molecular flexibility index (Phi) is 5.38. The number of morpholine rings is 1. The van der Waals surface area contributed by atoms with E-state index in [1.54, 1.807) is 0 Å². The Morgan fingerprint density at radius 2 is 1.81 bits per heavy atom. The van der Waals surface area contributed by atoms with Gasteiger partial charge in [-0.1, -0.05) is 24.3 Å². The number of hydrogen-bond acceptors (Lipinski definition) is 5. The third-order valence-electron chi connectivity index (χ3n) is 6.53. The quantitative estimate of drug-likeness (QED) is 0.652. The number of benzene rings is 2. The average molecular weight is 420 g/mol. The largest absolute Gasteiger partial charge is 0.378 e. The van der Waals surface area contributed by atoms with Gasteiger partial charge in [0.25, 0.3) is 0 Å². The van der Waals surface area contributed by atoms with E-state index in [0.29, 0.717) is 13.2 Å². The number of imidazole rings is 1. The highest BCUT2D eigenvalue weighted by Gasteiger charge is 2.32. The molecular weight excluding hydrogens is 390 g/mol. The molecule has 0 bridgehead atoms. The van der Waals surface area contributed by atoms with Crippen LogP contribution in [0.3, 0.4) is 0 Å². The fourth-order valence-corrected chi connectivity index (χ4v) is 4.59. The van der Waals surface area contributed by atoms with Crippen LogP contribution in [0.25, 0.3) is 22.4 Å². The number of ether oxygens (including phenoxy) is 1. The summed E-state index contributed by atoms with van der Waals surface area (Å²) in [6.45, 7) is 5.14. The lowest BCUT2D eigenvalue weighted by molar-refractivity contribution is -0.142. The molecule has 7 nitrogen and oxygen atoms in total. The number of para-hydroxylation sites is 2. The van der Waals surface area contributed by atoms with Gasteiger partial charge < -0.3 is 19.1 Å². The van der Waals surface area contributed by atoms with Gasteiger partial charge >= 0.3 is 0 Å². The Morgan fingerprint density at radius 3 is 2.58 bits per heavy atom. The van der Waals surface area contributed by atoms with Crippen LogP contribution in [0.2, 0.25) is 0 Å². The van der Waals surface area contributed by atoms with Crippen LogP contribution in [0.4, 0.5) is 5.69 Å². The number of piperazine rings is 1. The second-order valence-corrected chi connectivity index (χ2v) is 8.42. The van der Waals surface area contributed by atoms with Crippen molar-refractivity contribution in [2.75, 3.05) is 57.9 Å². The third kappa shape index (κ3) is 3.79. The van der Waals surface area contributed by atoms with E-state index in [2.05, 4.69) is 51.7 Å². The molecule has 2 saturated heterocycles. The molecule has 0 N–H and O–H groups in total. The minimum Gasteiger partial charge on any atom is -0.378 e. The van der Waals surface area contributed by atoms with Gasteiger partial charge in [0.2, 0.25) is 5.91 Å². The molecule has 2 aliphatic heterocycles. The molecule has 0 aliphatic carbocycles. The van der Waals surface area contributed by atoms with Crippen LogP contribution < -0.4 is 4.90 Å². The Bertz CT molecular complexity index is 1090. The van der Waals surface area contributed by atoms with Gasteiger partial charge in [0.05, 0.1) is 24.2 Å². The maximum Gasteiger partial charge on any atom is 0.242 e. The lowest BCUT2D eigenvalue weighted by atomic mass is 10.1. The van der Waals surface area contributed by atoms with Crippen LogP contribution in [-0.2, 0) is 16.6 Å². The number of rotatable bonds is 3. The molecular formula is C24H29N5O2. The maximum atomic E-state index is 12.9. The molecule has 0 unspecified atom stereocenters. The van der Waals surface area contributed by atoms with E-state index < -0.39 is 0 Å². The highest BCUT2D eigenvalue weighted by Crippen LogP contribution is 2.27. The molecule has 1 aromatic heterocycles. The van der Waals surface area contributed by atoms with Crippen molar-refractivity contribution in [3.8, 4) is 11.4 Å². The summed E-state index contributed by atoms with van der Waals surface area (Å²) < 4.78 is 7.68. The van der Waals surface area contributed by atoms with E-state index in [1.165, 1.54) is 5.69 Å². The van der Waals surface area contributed by atoms with Gasteiger partial charge in [-0.3, -0.25) is 9.69 Å². The van der Waals surface area contributed by atoms with Crippen molar-refractivity contribution in [2.45, 2.75) is 6.04 Å². The molecule has 0 saturated carbocycles. The molecule has 7 heteroatoms. The summed E-state index contributed by atoms with van der Waals surface area (Å²) in [6.07, 6.45) is 0. The molecule has 0 radical (unpaired) electrons. The van der Waals surface area contributed by atoms with Crippen LogP contribution in [-0.4, -0.2) is 84.3 Å². The minimum atomic E-state index is -0.152. The maximum absolute atomic E-state index is 12.9. The number of fused-ring (bicyclic) bond motifs is 1. The second kappa shape index (κ2) is 8.32. The van der Waals surface area contributed by atoms with Gasteiger partial charge in [-0.15, -0.1) is 0 Å². The predicted octanol–water partition coefficient (Wildman–Crippen LogP) is 2.22. The van der Waals surface area contributed by atoms with Crippen molar-refractivity contribution >= 4 is 22.6 Å². The average Bonchev–Trinajstić information content (AvgIpc) is 3.16. The molecule has 3 aromatic rings. The highest BCUT2D eigenvalue weighted by atomic mass is 16.5. The van der Waals surface area contributed by atoms with Crippen LogP contribution in [0.5, 0.6) is 0 Å². The van der Waals surface area contributed by atoms with Gasteiger partial charge in [0.1, 0.15) is 11.9 Å². The number of anilines is 1. The summed E-state index contributed by atoms with van der Waals surface area (Å²) in [5, 5.41) is 0. The molecule has 1 atom stereocenters. The summed E-state index contributed by atoms with van der Waals surface area (Å²) in [5.41, 5.74) is 4.42. The first-order valence-electron chi connectivity index (χ1n) is 11.0. The molecule has 0 spiro atoms. The summed E-state index contributed by atoms with van der Waals surface area (Å²) in [5.74, 6) is 1.16. The monoisotopic (exact) mass is 419 g/mol. The number of nitrogens with zero attached hydrogens (tertiary/aromatic N) is 5. The molecule has 31 heavy (non-hydrogen) atoms. The smallest absolute Gasteiger partial charge is 0.242 e. The highest BCUT2D eigenvalue weighted by molar-refractivity contribution is 5.83. The zero-order chi connectivity index (χ0) is 21.4. The van der Waals surface area contributed by atoms with Crippen molar-refractivity contribution in [2.24, 2.45) is 7.05 Å². The second-order valence-electron chi connectivity index (χ2n) is 8.42. The van der Waals surface area contributed by atoms with Crippen molar-refractivity contribution in [1.82, 2.24) is 19.4 Å². The Morgan fingerprint density at radius 1 is 1.00 bits per heavy atom. The number of carbonyl (C=O) groups is 1. The summed E-state index contributed by atoms with van der Waals surface area (Å²) in [6, 6.07) is 16.6. The Balaban J connectivity index is 1.30.